The van der Waals surface area contributed by atoms with Gasteiger partial charge in [0.15, 0.2) is 0 Å². The Morgan fingerprint density at radius 1 is 1.14 bits per heavy atom. The summed E-state index contributed by atoms with van der Waals surface area (Å²) in [6.45, 7) is 1.19. The summed E-state index contributed by atoms with van der Waals surface area (Å²) < 4.78 is 5.63. The molecule has 1 aromatic carbocycles. The van der Waals surface area contributed by atoms with Crippen LogP contribution in [0.1, 0.15) is 25.2 Å². The zero-order chi connectivity index (χ0) is 20.1. The first-order valence-electron chi connectivity index (χ1n) is 9.67. The summed E-state index contributed by atoms with van der Waals surface area (Å²) >= 11 is 1.57. The van der Waals surface area contributed by atoms with Crippen molar-refractivity contribution in [3.05, 3.63) is 53.0 Å². The number of anilines is 1. The molecule has 1 fully saturated rings. The number of carbonyl (C=O) groups is 2. The van der Waals surface area contributed by atoms with E-state index in [4.69, 9.17) is 4.42 Å². The molecule has 150 valence electrons. The van der Waals surface area contributed by atoms with Crippen LogP contribution in [0.3, 0.4) is 0 Å². The quantitative estimate of drug-likeness (QED) is 0.671. The standard InChI is InChI=1S/C21H22N4O3S/c26-19(7-6-18-23-24-21(28-18)16-10-13-29-14-16)25-11-8-15(9-12-25)20(27)22-17-4-2-1-3-5-17/h1-5,10,13-15H,6-9,11-12H2,(H,22,27). The predicted molar refractivity (Wildman–Crippen MR) is 110 cm³/mol. The second-order valence-corrected chi connectivity index (χ2v) is 7.80. The molecule has 4 rings (SSSR count). The van der Waals surface area contributed by atoms with E-state index in [1.807, 2.05) is 52.1 Å². The molecule has 0 bridgehead atoms. The molecule has 2 aromatic heterocycles. The summed E-state index contributed by atoms with van der Waals surface area (Å²) in [5.41, 5.74) is 1.70. The summed E-state index contributed by atoms with van der Waals surface area (Å²) in [6.07, 6.45) is 2.09. The second-order valence-electron chi connectivity index (χ2n) is 7.02. The maximum absolute atomic E-state index is 12.5. The fourth-order valence-electron chi connectivity index (χ4n) is 3.39. The Kier molecular flexibility index (Phi) is 6.00. The van der Waals surface area contributed by atoms with E-state index in [0.29, 0.717) is 50.6 Å². The van der Waals surface area contributed by atoms with Crippen LogP contribution in [0.5, 0.6) is 0 Å². The van der Waals surface area contributed by atoms with E-state index < -0.39 is 0 Å². The Labute approximate surface area is 172 Å². The molecule has 1 saturated heterocycles. The van der Waals surface area contributed by atoms with Crippen molar-refractivity contribution in [3.8, 4) is 11.5 Å². The first kappa shape index (κ1) is 19.3. The number of hydrogen-bond acceptors (Lipinski definition) is 6. The molecule has 0 aliphatic carbocycles. The number of carbonyl (C=O) groups excluding carboxylic acids is 2. The van der Waals surface area contributed by atoms with E-state index in [1.165, 1.54) is 0 Å². The molecule has 0 radical (unpaired) electrons. The van der Waals surface area contributed by atoms with Gasteiger partial charge in [0.25, 0.3) is 0 Å². The minimum absolute atomic E-state index is 0.0233. The van der Waals surface area contributed by atoms with Gasteiger partial charge in [0.2, 0.25) is 23.6 Å². The number of benzene rings is 1. The van der Waals surface area contributed by atoms with Crippen LogP contribution in [0.4, 0.5) is 5.69 Å². The van der Waals surface area contributed by atoms with Crippen molar-refractivity contribution in [2.24, 2.45) is 5.92 Å². The molecule has 0 saturated carbocycles. The monoisotopic (exact) mass is 410 g/mol. The minimum atomic E-state index is -0.0663. The average Bonchev–Trinajstić information content (AvgIpc) is 3.45. The van der Waals surface area contributed by atoms with E-state index in [1.54, 1.807) is 11.3 Å². The fourth-order valence-corrected chi connectivity index (χ4v) is 4.02. The van der Waals surface area contributed by atoms with Crippen LogP contribution in [0, 0.1) is 5.92 Å². The number of amides is 2. The number of aryl methyl sites for hydroxylation is 1. The zero-order valence-corrected chi connectivity index (χ0v) is 16.7. The van der Waals surface area contributed by atoms with Gasteiger partial charge in [-0.1, -0.05) is 18.2 Å². The lowest BCUT2D eigenvalue weighted by Crippen LogP contribution is -2.41. The SMILES string of the molecule is O=C(Nc1ccccc1)C1CCN(C(=O)CCc2nnc(-c3ccsc3)o2)CC1. The molecule has 0 unspecified atom stereocenters. The Morgan fingerprint density at radius 3 is 2.66 bits per heavy atom. The van der Waals surface area contributed by atoms with Crippen LogP contribution >= 0.6 is 11.3 Å². The Balaban J connectivity index is 1.22. The normalized spacial score (nSPS) is 14.7. The number of aromatic nitrogens is 2. The maximum atomic E-state index is 12.5. The Bertz CT molecular complexity index is 947. The Morgan fingerprint density at radius 2 is 1.93 bits per heavy atom. The summed E-state index contributed by atoms with van der Waals surface area (Å²) in [5, 5.41) is 14.9. The molecule has 3 heterocycles. The van der Waals surface area contributed by atoms with Gasteiger partial charge in [0, 0.05) is 48.5 Å². The first-order chi connectivity index (χ1) is 14.2. The molecular formula is C21H22N4O3S. The smallest absolute Gasteiger partial charge is 0.248 e. The highest BCUT2D eigenvalue weighted by atomic mass is 32.1. The van der Waals surface area contributed by atoms with Crippen LogP contribution in [-0.2, 0) is 16.0 Å². The number of nitrogens with one attached hydrogen (secondary N) is 1. The summed E-state index contributed by atoms with van der Waals surface area (Å²) in [6, 6.07) is 11.4. The number of thiophene rings is 1. The molecule has 2 amide bonds. The van der Waals surface area contributed by atoms with Gasteiger partial charge < -0.3 is 14.6 Å². The van der Waals surface area contributed by atoms with Crippen molar-refractivity contribution in [1.29, 1.82) is 0 Å². The number of nitrogens with zero attached hydrogens (tertiary/aromatic N) is 3. The molecule has 1 aliphatic heterocycles. The number of para-hydroxylation sites is 1. The third-order valence-corrected chi connectivity index (χ3v) is 5.73. The van der Waals surface area contributed by atoms with Crippen molar-refractivity contribution in [3.63, 3.8) is 0 Å². The van der Waals surface area contributed by atoms with Crippen molar-refractivity contribution in [1.82, 2.24) is 15.1 Å². The van der Waals surface area contributed by atoms with Crippen LogP contribution in [0.15, 0.2) is 51.6 Å². The van der Waals surface area contributed by atoms with Gasteiger partial charge in [-0.05, 0) is 36.4 Å². The highest BCUT2D eigenvalue weighted by Crippen LogP contribution is 2.22. The third-order valence-electron chi connectivity index (χ3n) is 5.05. The average molecular weight is 410 g/mol. The van der Waals surface area contributed by atoms with E-state index in [0.717, 1.165) is 11.3 Å². The minimum Gasteiger partial charge on any atom is -0.421 e. The van der Waals surface area contributed by atoms with E-state index in [9.17, 15) is 9.59 Å². The molecular weight excluding hydrogens is 388 g/mol. The topological polar surface area (TPSA) is 88.3 Å². The lowest BCUT2D eigenvalue weighted by atomic mass is 9.95. The first-order valence-corrected chi connectivity index (χ1v) is 10.6. The van der Waals surface area contributed by atoms with Gasteiger partial charge in [0.05, 0.1) is 0 Å². The van der Waals surface area contributed by atoms with Crippen molar-refractivity contribution in [2.45, 2.75) is 25.7 Å². The van der Waals surface area contributed by atoms with Crippen molar-refractivity contribution in [2.75, 3.05) is 18.4 Å². The van der Waals surface area contributed by atoms with Gasteiger partial charge in [-0.2, -0.15) is 11.3 Å². The molecule has 3 aromatic rings. The van der Waals surface area contributed by atoms with E-state index in [-0.39, 0.29) is 17.7 Å². The van der Waals surface area contributed by atoms with Gasteiger partial charge in [0.1, 0.15) is 0 Å². The van der Waals surface area contributed by atoms with Crippen LogP contribution in [0.2, 0.25) is 0 Å². The van der Waals surface area contributed by atoms with Crippen LogP contribution < -0.4 is 5.32 Å². The predicted octanol–water partition coefficient (Wildman–Crippen LogP) is 3.61. The van der Waals surface area contributed by atoms with Crippen LogP contribution in [0.25, 0.3) is 11.5 Å². The highest BCUT2D eigenvalue weighted by molar-refractivity contribution is 7.08. The number of rotatable bonds is 6. The number of hydrogen-bond donors (Lipinski definition) is 1. The van der Waals surface area contributed by atoms with Gasteiger partial charge >= 0.3 is 0 Å². The van der Waals surface area contributed by atoms with Crippen molar-refractivity contribution < 1.29 is 14.0 Å². The second kappa shape index (κ2) is 9.00. The number of likely N-dealkylation sites (tertiary alicyclic amines) is 1. The van der Waals surface area contributed by atoms with Gasteiger partial charge in [-0.15, -0.1) is 10.2 Å². The number of piperidine rings is 1. The largest absolute Gasteiger partial charge is 0.421 e. The third kappa shape index (κ3) is 4.89. The van der Waals surface area contributed by atoms with Gasteiger partial charge in [-0.25, -0.2) is 0 Å². The maximum Gasteiger partial charge on any atom is 0.248 e. The Hall–Kier alpha value is -3.00. The summed E-state index contributed by atoms with van der Waals surface area (Å²) in [4.78, 5) is 26.7. The van der Waals surface area contributed by atoms with Gasteiger partial charge in [-0.3, -0.25) is 9.59 Å². The molecule has 0 atom stereocenters. The molecule has 1 aliphatic rings. The summed E-state index contributed by atoms with van der Waals surface area (Å²) in [7, 11) is 0. The van der Waals surface area contributed by atoms with E-state index in [2.05, 4.69) is 15.5 Å². The summed E-state index contributed by atoms with van der Waals surface area (Å²) in [5.74, 6) is 0.969. The lowest BCUT2D eigenvalue weighted by Gasteiger charge is -2.31. The molecule has 7 nitrogen and oxygen atoms in total. The lowest BCUT2D eigenvalue weighted by molar-refractivity contribution is -0.134. The fraction of sp³-hybridized carbons (Fsp3) is 0.333. The molecule has 0 spiro atoms. The van der Waals surface area contributed by atoms with Crippen molar-refractivity contribution >= 4 is 28.8 Å². The van der Waals surface area contributed by atoms with Crippen LogP contribution in [-0.4, -0.2) is 40.0 Å². The highest BCUT2D eigenvalue weighted by Gasteiger charge is 2.27. The zero-order valence-electron chi connectivity index (χ0n) is 15.9. The molecule has 8 heteroatoms. The van der Waals surface area contributed by atoms with E-state index >= 15 is 0 Å². The molecule has 29 heavy (non-hydrogen) atoms. The molecule has 1 N–H and O–H groups in total.